The van der Waals surface area contributed by atoms with E-state index >= 15 is 0 Å². The number of likely N-dealkylation sites (tertiary alicyclic amines) is 1. The van der Waals surface area contributed by atoms with E-state index in [1.807, 2.05) is 18.2 Å². The molecular formula is C31H34F3N5O4. The predicted molar refractivity (Wildman–Crippen MR) is 155 cm³/mol. The summed E-state index contributed by atoms with van der Waals surface area (Å²) in [4.78, 5) is 36.0. The first-order valence-electron chi connectivity index (χ1n) is 14.2. The highest BCUT2D eigenvalue weighted by molar-refractivity contribution is 6.00. The lowest BCUT2D eigenvalue weighted by molar-refractivity contribution is -0.137. The van der Waals surface area contributed by atoms with Crippen LogP contribution in [0.4, 0.5) is 35.2 Å². The minimum atomic E-state index is -4.65. The number of nitrogens with zero attached hydrogens (tertiary/aromatic N) is 3. The van der Waals surface area contributed by atoms with Gasteiger partial charge in [0, 0.05) is 30.3 Å². The van der Waals surface area contributed by atoms with Crippen LogP contribution in [0.5, 0.6) is 0 Å². The molecule has 2 aromatic carbocycles. The second kappa shape index (κ2) is 11.8. The van der Waals surface area contributed by atoms with Crippen LogP contribution in [0.1, 0.15) is 56.7 Å². The maximum atomic E-state index is 13.7. The molecule has 2 atom stereocenters. The van der Waals surface area contributed by atoms with E-state index in [-0.39, 0.29) is 16.9 Å². The number of hydrogen-bond acceptors (Lipinski definition) is 7. The fraction of sp³-hybridized carbons (Fsp3) is 0.419. The van der Waals surface area contributed by atoms with Gasteiger partial charge in [0.1, 0.15) is 23.8 Å². The summed E-state index contributed by atoms with van der Waals surface area (Å²) in [5.74, 6) is -0.228. The fourth-order valence-electron chi connectivity index (χ4n) is 5.44. The molecule has 2 amide bonds. The van der Waals surface area contributed by atoms with Crippen molar-refractivity contribution in [2.75, 3.05) is 17.2 Å². The average Bonchev–Trinajstić information content (AvgIpc) is 3.43. The Balaban J connectivity index is 1.44. The maximum Gasteiger partial charge on any atom is 0.416 e. The topological polar surface area (TPSA) is 117 Å². The fourth-order valence-corrected chi connectivity index (χ4v) is 5.44. The number of halogens is 3. The highest BCUT2D eigenvalue weighted by Gasteiger charge is 2.37. The van der Waals surface area contributed by atoms with Crippen LogP contribution in [0.25, 0.3) is 11.3 Å². The molecule has 1 unspecified atom stereocenters. The molecule has 1 aliphatic carbocycles. The monoisotopic (exact) mass is 597 g/mol. The molecule has 3 N–H and O–H groups in total. The van der Waals surface area contributed by atoms with E-state index in [1.165, 1.54) is 17.3 Å². The number of nitrogens with one attached hydrogen (secondary N) is 2. The average molecular weight is 598 g/mol. The number of aliphatic hydroxyl groups is 1. The quantitative estimate of drug-likeness (QED) is 0.326. The third kappa shape index (κ3) is 7.07. The predicted octanol–water partition coefficient (Wildman–Crippen LogP) is 6.09. The zero-order valence-electron chi connectivity index (χ0n) is 24.2. The van der Waals surface area contributed by atoms with Crippen molar-refractivity contribution < 1.29 is 32.6 Å². The third-order valence-corrected chi connectivity index (χ3v) is 7.45. The van der Waals surface area contributed by atoms with Crippen molar-refractivity contribution in [2.24, 2.45) is 0 Å². The van der Waals surface area contributed by atoms with Crippen LogP contribution in [0, 0.1) is 0 Å². The normalized spacial score (nSPS) is 18.6. The van der Waals surface area contributed by atoms with E-state index < -0.39 is 41.5 Å². The number of fused-ring (bicyclic) bond motifs is 1. The number of hydrogen-bond donors (Lipinski definition) is 3. The molecule has 0 bridgehead atoms. The van der Waals surface area contributed by atoms with Crippen molar-refractivity contribution in [3.05, 3.63) is 65.5 Å². The molecule has 12 heteroatoms. The Morgan fingerprint density at radius 1 is 1.05 bits per heavy atom. The van der Waals surface area contributed by atoms with Crippen molar-refractivity contribution >= 4 is 29.2 Å². The van der Waals surface area contributed by atoms with Crippen LogP contribution in [-0.2, 0) is 28.5 Å². The van der Waals surface area contributed by atoms with Gasteiger partial charge in [0.15, 0.2) is 0 Å². The van der Waals surface area contributed by atoms with Gasteiger partial charge in [0.25, 0.3) is 0 Å². The largest absolute Gasteiger partial charge is 0.444 e. The van der Waals surface area contributed by atoms with Crippen molar-refractivity contribution in [3.63, 3.8) is 0 Å². The lowest BCUT2D eigenvalue weighted by Gasteiger charge is -2.28. The third-order valence-electron chi connectivity index (χ3n) is 7.45. The molecule has 2 heterocycles. The number of anilines is 3. The second-order valence-corrected chi connectivity index (χ2v) is 11.8. The van der Waals surface area contributed by atoms with Gasteiger partial charge in [0.05, 0.1) is 23.0 Å². The Labute approximate surface area is 247 Å². The molecule has 1 aliphatic heterocycles. The summed E-state index contributed by atoms with van der Waals surface area (Å²) in [5, 5.41) is 16.1. The van der Waals surface area contributed by atoms with Gasteiger partial charge in [-0.15, -0.1) is 0 Å². The van der Waals surface area contributed by atoms with E-state index in [9.17, 15) is 27.9 Å². The van der Waals surface area contributed by atoms with E-state index in [4.69, 9.17) is 4.74 Å². The van der Waals surface area contributed by atoms with Crippen LogP contribution in [0.3, 0.4) is 0 Å². The molecule has 0 spiro atoms. The van der Waals surface area contributed by atoms with Crippen LogP contribution in [-0.4, -0.2) is 56.3 Å². The molecule has 2 aliphatic rings. The first kappa shape index (κ1) is 30.3. The summed E-state index contributed by atoms with van der Waals surface area (Å²) in [6.45, 7) is 5.44. The van der Waals surface area contributed by atoms with E-state index in [1.54, 1.807) is 26.8 Å². The number of alkyl halides is 3. The molecule has 0 saturated carbocycles. The molecule has 1 aromatic heterocycles. The van der Waals surface area contributed by atoms with Gasteiger partial charge in [0.2, 0.25) is 5.91 Å². The zero-order chi connectivity index (χ0) is 30.9. The highest BCUT2D eigenvalue weighted by Crippen LogP contribution is 2.37. The first-order valence-corrected chi connectivity index (χ1v) is 14.2. The number of rotatable bonds is 5. The lowest BCUT2D eigenvalue weighted by atomic mass is 9.88. The zero-order valence-corrected chi connectivity index (χ0v) is 24.2. The summed E-state index contributed by atoms with van der Waals surface area (Å²) in [6.07, 6.45) is -1.64. The van der Waals surface area contributed by atoms with E-state index in [2.05, 4.69) is 20.6 Å². The number of aryl methyl sites for hydroxylation is 1. The second-order valence-electron chi connectivity index (χ2n) is 11.8. The molecule has 9 nitrogen and oxygen atoms in total. The smallest absolute Gasteiger partial charge is 0.416 e. The summed E-state index contributed by atoms with van der Waals surface area (Å²) < 4.78 is 46.5. The maximum absolute atomic E-state index is 13.7. The van der Waals surface area contributed by atoms with Crippen molar-refractivity contribution in [3.8, 4) is 11.3 Å². The summed E-state index contributed by atoms with van der Waals surface area (Å²) in [5.41, 5.74) is 1.60. The molecule has 228 valence electrons. The number of benzene rings is 2. The van der Waals surface area contributed by atoms with Crippen LogP contribution in [0.2, 0.25) is 0 Å². The van der Waals surface area contributed by atoms with Gasteiger partial charge in [-0.25, -0.2) is 14.8 Å². The number of amides is 2. The van der Waals surface area contributed by atoms with E-state index in [0.717, 1.165) is 35.4 Å². The SMILES string of the molecule is CC(C)(C)OC(=O)N1CCCC1C(=O)Nc1cc(C(F)(F)F)ccc1-c1cc(Nc2cccc3c2C[C@@H](O)CC3)ncn1. The molecular weight excluding hydrogens is 563 g/mol. The number of aromatic nitrogens is 2. The molecule has 1 saturated heterocycles. The number of aliphatic hydroxyl groups excluding tert-OH is 1. The molecule has 43 heavy (non-hydrogen) atoms. The molecule has 1 fully saturated rings. The van der Waals surface area contributed by atoms with Crippen molar-refractivity contribution in [1.29, 1.82) is 0 Å². The van der Waals surface area contributed by atoms with Gasteiger partial charge in [-0.1, -0.05) is 18.2 Å². The van der Waals surface area contributed by atoms with E-state index in [0.29, 0.717) is 38.0 Å². The summed E-state index contributed by atoms with van der Waals surface area (Å²) >= 11 is 0. The van der Waals surface area contributed by atoms with Crippen LogP contribution in [0.15, 0.2) is 48.8 Å². The molecule has 3 aromatic rings. The Kier molecular flexibility index (Phi) is 8.33. The Hall–Kier alpha value is -4.19. The van der Waals surface area contributed by atoms with Gasteiger partial charge in [-0.05, 0) is 75.8 Å². The number of carbonyl (C=O) groups is 2. The standard InChI is InChI=1S/C31H34F3N5O4/c1-30(2,3)43-29(42)39-13-5-8-26(39)28(41)38-25-14-19(31(32,33)34)10-12-21(25)24-16-27(36-17-35-24)37-23-7-4-6-18-9-11-20(40)15-22(18)23/h4,6-7,10,12,14,16-17,20,26,40H,5,8-9,11,13,15H2,1-3H3,(H,38,41)(H,35,36,37)/t20-,26?/m0/s1. The van der Waals surface area contributed by atoms with Gasteiger partial charge in [-0.2, -0.15) is 13.2 Å². The molecule has 0 radical (unpaired) electrons. The first-order chi connectivity index (χ1) is 20.3. The number of ether oxygens (including phenoxy) is 1. The highest BCUT2D eigenvalue weighted by atomic mass is 19.4. The molecule has 5 rings (SSSR count). The Morgan fingerprint density at radius 3 is 2.58 bits per heavy atom. The van der Waals surface area contributed by atoms with Crippen molar-refractivity contribution in [1.82, 2.24) is 14.9 Å². The lowest BCUT2D eigenvalue weighted by Crippen LogP contribution is -2.45. The van der Waals surface area contributed by atoms with Crippen LogP contribution < -0.4 is 10.6 Å². The summed E-state index contributed by atoms with van der Waals surface area (Å²) in [6, 6.07) is 9.53. The summed E-state index contributed by atoms with van der Waals surface area (Å²) in [7, 11) is 0. The Morgan fingerprint density at radius 2 is 1.84 bits per heavy atom. The van der Waals surface area contributed by atoms with Gasteiger partial charge in [-0.3, -0.25) is 9.69 Å². The number of carbonyl (C=O) groups excluding carboxylic acids is 2. The van der Waals surface area contributed by atoms with Gasteiger partial charge >= 0.3 is 12.3 Å². The minimum absolute atomic E-state index is 0.0965. The minimum Gasteiger partial charge on any atom is -0.444 e. The van der Waals surface area contributed by atoms with Gasteiger partial charge < -0.3 is 20.5 Å². The van der Waals surface area contributed by atoms with Crippen molar-refractivity contribution in [2.45, 2.75) is 76.8 Å². The van der Waals surface area contributed by atoms with Crippen LogP contribution >= 0.6 is 0 Å². The Bertz CT molecular complexity index is 1520.